The minimum Gasteiger partial charge on any atom is -0.107 e. The van der Waals surface area contributed by atoms with Crippen molar-refractivity contribution in [2.45, 2.75) is 124 Å². The van der Waals surface area contributed by atoms with Gasteiger partial charge in [0.1, 0.15) is 0 Å². The zero-order valence-corrected chi connectivity index (χ0v) is 21.5. The molecular formula is C25H54P2. The zero-order chi connectivity index (χ0) is 20.0. The maximum atomic E-state index is 2.35. The van der Waals surface area contributed by atoms with Crippen molar-refractivity contribution < 1.29 is 0 Å². The molecule has 0 N–H and O–H groups in total. The van der Waals surface area contributed by atoms with Gasteiger partial charge >= 0.3 is 0 Å². The lowest BCUT2D eigenvalue weighted by atomic mass is 10.3. The molecule has 0 nitrogen and oxygen atoms in total. The van der Waals surface area contributed by atoms with Crippen LogP contribution in [0.15, 0.2) is 0 Å². The standard InChI is InChI=1S/C25H54P2/c1-5-9-14-20-26(21-15-10-6-2)24-18-13-19-25-27(22-16-11-7-3)23-17-12-8-4/h5-25H2,1-4H3. The lowest BCUT2D eigenvalue weighted by molar-refractivity contribution is 0.743. The van der Waals surface area contributed by atoms with E-state index >= 15 is 0 Å². The molecule has 0 aromatic rings. The van der Waals surface area contributed by atoms with Gasteiger partial charge in [-0.3, -0.25) is 0 Å². The molecule has 0 saturated heterocycles. The van der Waals surface area contributed by atoms with Crippen LogP contribution in [0.2, 0.25) is 0 Å². The highest BCUT2D eigenvalue weighted by atomic mass is 31.1. The Morgan fingerprint density at radius 3 is 0.741 bits per heavy atom. The molecule has 0 aromatic heterocycles. The molecule has 0 aliphatic carbocycles. The summed E-state index contributed by atoms with van der Waals surface area (Å²) in [4.78, 5) is 0. The summed E-state index contributed by atoms with van der Waals surface area (Å²) >= 11 is 0. The van der Waals surface area contributed by atoms with Crippen LogP contribution in [-0.4, -0.2) is 37.0 Å². The van der Waals surface area contributed by atoms with Gasteiger partial charge in [0.2, 0.25) is 0 Å². The van der Waals surface area contributed by atoms with Crippen molar-refractivity contribution in [1.82, 2.24) is 0 Å². The lowest BCUT2D eigenvalue weighted by Crippen LogP contribution is -1.99. The molecule has 0 unspecified atom stereocenters. The molecule has 0 atom stereocenters. The van der Waals surface area contributed by atoms with E-state index in [0.717, 1.165) is 0 Å². The molecule has 0 bridgehead atoms. The smallest absolute Gasteiger partial charge is 0.0326 e. The van der Waals surface area contributed by atoms with E-state index in [0.29, 0.717) is 15.8 Å². The van der Waals surface area contributed by atoms with Crippen molar-refractivity contribution in [3.05, 3.63) is 0 Å². The van der Waals surface area contributed by atoms with Crippen molar-refractivity contribution in [2.24, 2.45) is 0 Å². The highest BCUT2D eigenvalue weighted by Gasteiger charge is 2.09. The van der Waals surface area contributed by atoms with Gasteiger partial charge in [0.25, 0.3) is 0 Å². The van der Waals surface area contributed by atoms with Crippen LogP contribution < -0.4 is 0 Å². The Morgan fingerprint density at radius 1 is 0.296 bits per heavy atom. The summed E-state index contributed by atoms with van der Waals surface area (Å²) in [5.74, 6) is 0. The molecule has 0 aliphatic heterocycles. The van der Waals surface area contributed by atoms with E-state index in [1.165, 1.54) is 96.3 Å². The second kappa shape index (κ2) is 23.1. The van der Waals surface area contributed by atoms with Crippen LogP contribution in [0.3, 0.4) is 0 Å². The predicted octanol–water partition coefficient (Wildman–Crippen LogP) is 9.88. The summed E-state index contributed by atoms with van der Waals surface area (Å²) < 4.78 is 0. The van der Waals surface area contributed by atoms with E-state index in [1.807, 2.05) is 0 Å². The Morgan fingerprint density at radius 2 is 0.519 bits per heavy atom. The third-order valence-electron chi connectivity index (χ3n) is 5.76. The molecule has 164 valence electrons. The maximum absolute atomic E-state index is 2.35. The summed E-state index contributed by atoms with van der Waals surface area (Å²) in [7, 11) is 0.732. The third kappa shape index (κ3) is 19.9. The lowest BCUT2D eigenvalue weighted by Gasteiger charge is -2.19. The molecule has 0 heterocycles. The van der Waals surface area contributed by atoms with Gasteiger partial charge in [-0.1, -0.05) is 85.5 Å². The quantitative estimate of drug-likeness (QED) is 0.122. The van der Waals surface area contributed by atoms with Gasteiger partial charge < -0.3 is 0 Å². The van der Waals surface area contributed by atoms with Crippen LogP contribution in [-0.2, 0) is 0 Å². The molecular weight excluding hydrogens is 362 g/mol. The molecule has 0 aliphatic rings. The van der Waals surface area contributed by atoms with Gasteiger partial charge in [0, 0.05) is 0 Å². The minimum absolute atomic E-state index is 0.366. The molecule has 0 aromatic carbocycles. The fourth-order valence-electron chi connectivity index (χ4n) is 3.86. The summed E-state index contributed by atoms with van der Waals surface area (Å²) in [5, 5.41) is 0. The Kier molecular flexibility index (Phi) is 23.9. The number of hydrogen-bond donors (Lipinski definition) is 0. The molecule has 27 heavy (non-hydrogen) atoms. The normalized spacial score (nSPS) is 11.8. The van der Waals surface area contributed by atoms with Crippen LogP contribution in [0.25, 0.3) is 0 Å². The number of rotatable bonds is 22. The Balaban J connectivity index is 3.97. The van der Waals surface area contributed by atoms with Crippen LogP contribution >= 0.6 is 15.8 Å². The molecule has 0 radical (unpaired) electrons. The van der Waals surface area contributed by atoms with Crippen molar-refractivity contribution in [2.75, 3.05) is 37.0 Å². The first-order valence-corrected chi connectivity index (χ1v) is 16.5. The first-order valence-electron chi connectivity index (χ1n) is 12.7. The van der Waals surface area contributed by atoms with Gasteiger partial charge in [-0.2, -0.15) is 0 Å². The van der Waals surface area contributed by atoms with E-state index in [-0.39, 0.29) is 0 Å². The summed E-state index contributed by atoms with van der Waals surface area (Å²) in [6, 6.07) is 0. The largest absolute Gasteiger partial charge is 0.107 e. The topological polar surface area (TPSA) is 0 Å². The van der Waals surface area contributed by atoms with Crippen LogP contribution in [0.4, 0.5) is 0 Å². The fourth-order valence-corrected chi connectivity index (χ4v) is 9.23. The van der Waals surface area contributed by atoms with Crippen molar-refractivity contribution in [1.29, 1.82) is 0 Å². The van der Waals surface area contributed by atoms with Gasteiger partial charge in [-0.25, -0.2) is 0 Å². The molecule has 0 spiro atoms. The van der Waals surface area contributed by atoms with E-state index in [4.69, 9.17) is 0 Å². The first kappa shape index (κ1) is 27.9. The van der Waals surface area contributed by atoms with E-state index in [2.05, 4.69) is 27.7 Å². The Bertz CT molecular complexity index is 221. The Labute approximate surface area is 176 Å². The molecule has 0 amide bonds. The molecule has 2 heteroatoms. The SMILES string of the molecule is CCCCCP(CCCCC)CCCCCP(CCCCC)CCCCC. The Hall–Kier alpha value is 0.860. The van der Waals surface area contributed by atoms with Crippen molar-refractivity contribution in [3.63, 3.8) is 0 Å². The zero-order valence-electron chi connectivity index (χ0n) is 19.7. The first-order chi connectivity index (χ1) is 13.3. The highest BCUT2D eigenvalue weighted by molar-refractivity contribution is 7.57. The van der Waals surface area contributed by atoms with Crippen LogP contribution in [0.5, 0.6) is 0 Å². The summed E-state index contributed by atoms with van der Waals surface area (Å²) in [5.41, 5.74) is 0. The minimum atomic E-state index is 0.366. The highest BCUT2D eigenvalue weighted by Crippen LogP contribution is 2.41. The van der Waals surface area contributed by atoms with Gasteiger partial charge in [-0.15, -0.1) is 15.8 Å². The molecule has 0 saturated carbocycles. The van der Waals surface area contributed by atoms with E-state index in [9.17, 15) is 0 Å². The van der Waals surface area contributed by atoms with Crippen LogP contribution in [0.1, 0.15) is 124 Å². The van der Waals surface area contributed by atoms with E-state index < -0.39 is 0 Å². The average Bonchev–Trinajstić information content (AvgIpc) is 2.67. The predicted molar refractivity (Wildman–Crippen MR) is 135 cm³/mol. The van der Waals surface area contributed by atoms with Crippen molar-refractivity contribution in [3.8, 4) is 0 Å². The number of unbranched alkanes of at least 4 members (excludes halogenated alkanes) is 10. The molecule has 0 fully saturated rings. The van der Waals surface area contributed by atoms with Crippen LogP contribution in [0, 0.1) is 0 Å². The second-order valence-electron chi connectivity index (χ2n) is 8.57. The monoisotopic (exact) mass is 416 g/mol. The van der Waals surface area contributed by atoms with Gasteiger partial charge in [-0.05, 0) is 75.5 Å². The average molecular weight is 417 g/mol. The third-order valence-corrected chi connectivity index (χ3v) is 11.5. The van der Waals surface area contributed by atoms with E-state index in [1.54, 1.807) is 37.0 Å². The molecule has 0 rings (SSSR count). The number of hydrogen-bond acceptors (Lipinski definition) is 0. The second-order valence-corrected chi connectivity index (χ2v) is 13.9. The summed E-state index contributed by atoms with van der Waals surface area (Å²) in [6.07, 6.45) is 31.5. The van der Waals surface area contributed by atoms with Crippen molar-refractivity contribution >= 4 is 15.8 Å². The summed E-state index contributed by atoms with van der Waals surface area (Å²) in [6.45, 7) is 9.38. The fraction of sp³-hybridized carbons (Fsp3) is 1.00. The maximum Gasteiger partial charge on any atom is -0.0326 e. The van der Waals surface area contributed by atoms with Gasteiger partial charge in [0.05, 0.1) is 0 Å². The van der Waals surface area contributed by atoms with Gasteiger partial charge in [0.15, 0.2) is 0 Å².